The molecule has 0 radical (unpaired) electrons. The third kappa shape index (κ3) is 1.72. The van der Waals surface area contributed by atoms with Crippen molar-refractivity contribution in [1.82, 2.24) is 9.61 Å². The van der Waals surface area contributed by atoms with Gasteiger partial charge in [-0.15, -0.1) is 4.91 Å². The summed E-state index contributed by atoms with van der Waals surface area (Å²) in [5, 5.41) is 6.46. The smallest absolute Gasteiger partial charge is 0.207 e. The zero-order valence-electron chi connectivity index (χ0n) is 9.63. The first kappa shape index (κ1) is 11.7. The summed E-state index contributed by atoms with van der Waals surface area (Å²) in [5.41, 5.74) is 2.01. The van der Waals surface area contributed by atoms with Crippen LogP contribution in [0, 0.1) is 18.8 Å². The molecule has 6 nitrogen and oxygen atoms in total. The summed E-state index contributed by atoms with van der Waals surface area (Å²) in [7, 11) is -3.56. The van der Waals surface area contributed by atoms with Crippen molar-refractivity contribution in [1.29, 1.82) is 0 Å². The highest BCUT2D eigenvalue weighted by atomic mass is 32.2. The minimum Gasteiger partial charge on any atom is -0.234 e. The number of aryl methyl sites for hydroxylation is 2. The molecule has 0 aromatic carbocycles. The Morgan fingerprint density at radius 1 is 1.29 bits per heavy atom. The molecule has 0 aliphatic carbocycles. The van der Waals surface area contributed by atoms with E-state index in [1.165, 1.54) is 4.52 Å². The zero-order chi connectivity index (χ0) is 12.8. The lowest BCUT2D eigenvalue weighted by Crippen LogP contribution is -2.00. The molecular weight excluding hydrogens is 242 g/mol. The number of sulfone groups is 1. The van der Waals surface area contributed by atoms with Gasteiger partial charge in [0.25, 0.3) is 0 Å². The summed E-state index contributed by atoms with van der Waals surface area (Å²) in [6.07, 6.45) is 1.01. The van der Waals surface area contributed by atoms with E-state index in [4.69, 9.17) is 0 Å². The normalized spacial score (nSPS) is 11.9. The molecular formula is C10H11N3O3S. The number of fused-ring (bicyclic) bond motifs is 1. The Kier molecular flexibility index (Phi) is 2.50. The van der Waals surface area contributed by atoms with Gasteiger partial charge in [0, 0.05) is 11.9 Å². The molecule has 0 spiro atoms. The molecule has 0 unspecified atom stereocenters. The van der Waals surface area contributed by atoms with Gasteiger partial charge in [-0.25, -0.2) is 12.9 Å². The molecule has 90 valence electrons. The van der Waals surface area contributed by atoms with E-state index < -0.39 is 9.84 Å². The van der Waals surface area contributed by atoms with E-state index in [0.29, 0.717) is 5.52 Å². The Balaban J connectivity index is 2.99. The van der Waals surface area contributed by atoms with Crippen LogP contribution in [0.15, 0.2) is 22.3 Å². The van der Waals surface area contributed by atoms with Crippen LogP contribution in [0.2, 0.25) is 0 Å². The van der Waals surface area contributed by atoms with Gasteiger partial charge in [0.05, 0.1) is 5.52 Å². The number of aromatic nitrogens is 2. The molecule has 0 fully saturated rings. The van der Waals surface area contributed by atoms with Gasteiger partial charge in [0.1, 0.15) is 0 Å². The second kappa shape index (κ2) is 3.63. The number of rotatable bonds is 2. The maximum absolute atomic E-state index is 11.5. The summed E-state index contributed by atoms with van der Waals surface area (Å²) in [4.78, 5) is 10.8. The second-order valence-electron chi connectivity index (χ2n) is 3.92. The second-order valence-corrected chi connectivity index (χ2v) is 5.85. The molecule has 0 bridgehead atoms. The summed E-state index contributed by atoms with van der Waals surface area (Å²) in [6.45, 7) is 3.68. The average molecular weight is 253 g/mol. The lowest BCUT2D eigenvalue weighted by Gasteiger charge is -2.01. The van der Waals surface area contributed by atoms with Gasteiger partial charge in [-0.2, -0.15) is 5.10 Å². The van der Waals surface area contributed by atoms with Gasteiger partial charge in [0.2, 0.25) is 5.03 Å². The monoisotopic (exact) mass is 253 g/mol. The SMILES string of the molecule is Cc1ccc2c(N=O)c(S(C)(=O)=O)nn2c1C. The molecule has 2 aromatic heterocycles. The summed E-state index contributed by atoms with van der Waals surface area (Å²) >= 11 is 0. The maximum Gasteiger partial charge on any atom is 0.207 e. The standard InChI is InChI=1S/C10H11N3O3S/c1-6-4-5-8-9(12-14)10(17(3,15)16)11-13(8)7(6)2/h4-5H,1-3H3. The first-order chi connectivity index (χ1) is 7.86. The number of nitroso groups, excluding NO2 is 1. The fourth-order valence-electron chi connectivity index (χ4n) is 1.63. The highest BCUT2D eigenvalue weighted by molar-refractivity contribution is 7.90. The maximum atomic E-state index is 11.5. The quantitative estimate of drug-likeness (QED) is 0.763. The van der Waals surface area contributed by atoms with E-state index in [9.17, 15) is 13.3 Å². The van der Waals surface area contributed by atoms with Crippen molar-refractivity contribution in [2.24, 2.45) is 5.18 Å². The lowest BCUT2D eigenvalue weighted by molar-refractivity contribution is 0.597. The topological polar surface area (TPSA) is 80.9 Å². The van der Waals surface area contributed by atoms with Crippen LogP contribution in [0.5, 0.6) is 0 Å². The molecule has 0 N–H and O–H groups in total. The minimum atomic E-state index is -3.56. The van der Waals surface area contributed by atoms with E-state index in [1.807, 2.05) is 6.92 Å². The summed E-state index contributed by atoms with van der Waals surface area (Å²) in [6, 6.07) is 3.44. The van der Waals surface area contributed by atoms with Crippen LogP contribution in [0.4, 0.5) is 5.69 Å². The third-order valence-corrected chi connectivity index (χ3v) is 3.66. The number of hydrogen-bond acceptors (Lipinski definition) is 5. The Morgan fingerprint density at radius 2 is 1.94 bits per heavy atom. The van der Waals surface area contributed by atoms with Crippen molar-refractivity contribution < 1.29 is 8.42 Å². The van der Waals surface area contributed by atoms with Crippen molar-refractivity contribution in [3.05, 3.63) is 28.3 Å². The minimum absolute atomic E-state index is 0.129. The number of pyridine rings is 1. The molecule has 0 aliphatic heterocycles. The largest absolute Gasteiger partial charge is 0.234 e. The van der Waals surface area contributed by atoms with Crippen LogP contribution in [0.25, 0.3) is 5.52 Å². The first-order valence-corrected chi connectivity index (χ1v) is 6.77. The van der Waals surface area contributed by atoms with Gasteiger partial charge in [-0.3, -0.25) is 0 Å². The molecule has 0 amide bonds. The highest BCUT2D eigenvalue weighted by Gasteiger charge is 2.22. The van der Waals surface area contributed by atoms with Crippen molar-refractivity contribution in [3.8, 4) is 0 Å². The van der Waals surface area contributed by atoms with E-state index in [0.717, 1.165) is 17.5 Å². The van der Waals surface area contributed by atoms with E-state index in [-0.39, 0.29) is 10.7 Å². The fourth-order valence-corrected chi connectivity index (χ4v) is 2.36. The van der Waals surface area contributed by atoms with Crippen LogP contribution in [0.3, 0.4) is 0 Å². The first-order valence-electron chi connectivity index (χ1n) is 4.88. The molecule has 0 atom stereocenters. The lowest BCUT2D eigenvalue weighted by atomic mass is 10.2. The van der Waals surface area contributed by atoms with Crippen LogP contribution in [0.1, 0.15) is 11.3 Å². The van der Waals surface area contributed by atoms with Crippen LogP contribution in [-0.2, 0) is 9.84 Å². The van der Waals surface area contributed by atoms with Gasteiger partial charge < -0.3 is 0 Å². The molecule has 0 saturated carbocycles. The molecule has 0 saturated heterocycles. The van der Waals surface area contributed by atoms with Gasteiger partial charge >= 0.3 is 0 Å². The van der Waals surface area contributed by atoms with E-state index in [1.54, 1.807) is 19.1 Å². The summed E-state index contributed by atoms with van der Waals surface area (Å²) in [5.74, 6) is 0. The molecule has 0 aliphatic rings. The van der Waals surface area contributed by atoms with Gasteiger partial charge in [0.15, 0.2) is 15.5 Å². The van der Waals surface area contributed by atoms with Crippen LogP contribution in [-0.4, -0.2) is 24.3 Å². The predicted octanol–water partition coefficient (Wildman–Crippen LogP) is 1.75. The van der Waals surface area contributed by atoms with E-state index in [2.05, 4.69) is 10.3 Å². The van der Waals surface area contributed by atoms with Crippen molar-refractivity contribution in [2.45, 2.75) is 18.9 Å². The van der Waals surface area contributed by atoms with Crippen molar-refractivity contribution >= 4 is 21.0 Å². The Bertz CT molecular complexity index is 716. The molecule has 2 rings (SSSR count). The third-order valence-electron chi connectivity index (χ3n) is 2.69. The number of hydrogen-bond donors (Lipinski definition) is 0. The van der Waals surface area contributed by atoms with Crippen molar-refractivity contribution in [3.63, 3.8) is 0 Å². The van der Waals surface area contributed by atoms with Crippen LogP contribution >= 0.6 is 0 Å². The Labute approximate surface area is 98.2 Å². The Hall–Kier alpha value is -1.76. The molecule has 2 aromatic rings. The van der Waals surface area contributed by atoms with Crippen LogP contribution < -0.4 is 0 Å². The van der Waals surface area contributed by atoms with Gasteiger partial charge in [-0.1, -0.05) is 6.07 Å². The highest BCUT2D eigenvalue weighted by Crippen LogP contribution is 2.29. The molecule has 17 heavy (non-hydrogen) atoms. The summed E-state index contributed by atoms with van der Waals surface area (Å²) < 4.78 is 24.4. The zero-order valence-corrected chi connectivity index (χ0v) is 10.4. The average Bonchev–Trinajstić information content (AvgIpc) is 2.62. The van der Waals surface area contributed by atoms with Crippen molar-refractivity contribution in [2.75, 3.05) is 6.26 Å². The predicted molar refractivity (Wildman–Crippen MR) is 63.2 cm³/mol. The fraction of sp³-hybridized carbons (Fsp3) is 0.300. The Morgan fingerprint density at radius 3 is 2.47 bits per heavy atom. The molecule has 7 heteroatoms. The van der Waals surface area contributed by atoms with E-state index >= 15 is 0 Å². The molecule has 2 heterocycles. The number of nitrogens with zero attached hydrogens (tertiary/aromatic N) is 3. The van der Waals surface area contributed by atoms with Gasteiger partial charge in [-0.05, 0) is 30.7 Å².